The van der Waals surface area contributed by atoms with Crippen molar-refractivity contribution in [1.29, 1.82) is 0 Å². The van der Waals surface area contributed by atoms with Crippen LogP contribution in [0.5, 0.6) is 5.75 Å². The maximum atomic E-state index is 12.9. The van der Waals surface area contributed by atoms with Gasteiger partial charge < -0.3 is 10.1 Å². The van der Waals surface area contributed by atoms with Gasteiger partial charge in [0.05, 0.1) is 0 Å². The van der Waals surface area contributed by atoms with Gasteiger partial charge in [-0.1, -0.05) is 15.9 Å². The molecule has 0 heterocycles. The molecule has 82 valence electrons. The number of ether oxygens (including phenoxy) is 1. The van der Waals surface area contributed by atoms with E-state index in [0.29, 0.717) is 22.9 Å². The zero-order chi connectivity index (χ0) is 10.7. The molecule has 0 amide bonds. The molecule has 0 aromatic heterocycles. The Balaban J connectivity index is 1.76. The number of rotatable bonds is 5. The third-order valence-corrected chi connectivity index (χ3v) is 2.68. The number of halogens is 2. The van der Waals surface area contributed by atoms with Crippen molar-refractivity contribution in [3.8, 4) is 5.75 Å². The predicted octanol–water partition coefficient (Wildman–Crippen LogP) is 2.72. The molecule has 0 atom stereocenters. The molecule has 0 unspecified atom stereocenters. The lowest BCUT2D eigenvalue weighted by molar-refractivity contribution is 0.311. The molecule has 2 nitrogen and oxygen atoms in total. The van der Waals surface area contributed by atoms with E-state index in [1.54, 1.807) is 6.07 Å². The number of nitrogens with one attached hydrogen (secondary N) is 1. The Hall–Kier alpha value is -0.610. The van der Waals surface area contributed by atoms with Crippen LogP contribution in [0.1, 0.15) is 12.8 Å². The Bertz CT molecular complexity index is 321. The van der Waals surface area contributed by atoms with Crippen molar-refractivity contribution in [3.05, 3.63) is 28.5 Å². The SMILES string of the molecule is Fc1cc(Br)cc(OCCNC2CC2)c1. The van der Waals surface area contributed by atoms with Crippen LogP contribution in [0, 0.1) is 5.82 Å². The third-order valence-electron chi connectivity index (χ3n) is 2.22. The van der Waals surface area contributed by atoms with Crippen LogP contribution in [0.15, 0.2) is 22.7 Å². The molecule has 15 heavy (non-hydrogen) atoms. The van der Waals surface area contributed by atoms with Crippen molar-refractivity contribution in [3.63, 3.8) is 0 Å². The molecular formula is C11H13BrFNO. The Morgan fingerprint density at radius 1 is 1.40 bits per heavy atom. The van der Waals surface area contributed by atoms with Gasteiger partial charge in [-0.15, -0.1) is 0 Å². The first kappa shape index (κ1) is 10.9. The fraction of sp³-hybridized carbons (Fsp3) is 0.455. The van der Waals surface area contributed by atoms with Gasteiger partial charge in [0.15, 0.2) is 0 Å². The number of hydrogen-bond donors (Lipinski definition) is 1. The van der Waals surface area contributed by atoms with Crippen LogP contribution in [0.25, 0.3) is 0 Å². The first-order valence-corrected chi connectivity index (χ1v) is 5.85. The lowest BCUT2D eigenvalue weighted by Gasteiger charge is -2.07. The summed E-state index contributed by atoms with van der Waals surface area (Å²) >= 11 is 3.22. The lowest BCUT2D eigenvalue weighted by Crippen LogP contribution is -2.22. The van der Waals surface area contributed by atoms with Gasteiger partial charge in [-0.25, -0.2) is 4.39 Å². The molecule has 4 heteroatoms. The molecule has 1 aromatic rings. The highest BCUT2D eigenvalue weighted by atomic mass is 79.9. The molecule has 0 bridgehead atoms. The Labute approximate surface area is 96.9 Å². The largest absolute Gasteiger partial charge is 0.492 e. The van der Waals surface area contributed by atoms with Crippen molar-refractivity contribution in [2.75, 3.05) is 13.2 Å². The van der Waals surface area contributed by atoms with E-state index in [2.05, 4.69) is 21.2 Å². The average Bonchev–Trinajstić information content (AvgIpc) is 2.94. The zero-order valence-corrected chi connectivity index (χ0v) is 9.89. The normalized spacial score (nSPS) is 15.3. The van der Waals surface area contributed by atoms with Gasteiger partial charge in [0.2, 0.25) is 0 Å². The minimum atomic E-state index is -0.283. The minimum absolute atomic E-state index is 0.283. The minimum Gasteiger partial charge on any atom is -0.492 e. The van der Waals surface area contributed by atoms with Gasteiger partial charge in [0.1, 0.15) is 18.2 Å². The fourth-order valence-electron chi connectivity index (χ4n) is 1.33. The van der Waals surface area contributed by atoms with Crippen molar-refractivity contribution in [1.82, 2.24) is 5.32 Å². The van der Waals surface area contributed by atoms with E-state index in [9.17, 15) is 4.39 Å². The number of benzene rings is 1. The maximum Gasteiger partial charge on any atom is 0.128 e. The average molecular weight is 274 g/mol. The molecule has 1 aliphatic rings. The predicted molar refractivity (Wildman–Crippen MR) is 60.6 cm³/mol. The standard InChI is InChI=1S/C11H13BrFNO/c12-8-5-9(13)7-11(6-8)15-4-3-14-10-1-2-10/h5-7,10,14H,1-4H2. The van der Waals surface area contributed by atoms with Crippen LogP contribution in [-0.2, 0) is 0 Å². The van der Waals surface area contributed by atoms with E-state index in [1.165, 1.54) is 25.0 Å². The van der Waals surface area contributed by atoms with Crippen molar-refractivity contribution >= 4 is 15.9 Å². The first-order valence-electron chi connectivity index (χ1n) is 5.06. The monoisotopic (exact) mass is 273 g/mol. The van der Waals surface area contributed by atoms with E-state index >= 15 is 0 Å². The first-order chi connectivity index (χ1) is 7.24. The summed E-state index contributed by atoms with van der Waals surface area (Å²) in [4.78, 5) is 0. The molecule has 1 saturated carbocycles. The molecule has 1 fully saturated rings. The maximum absolute atomic E-state index is 12.9. The Morgan fingerprint density at radius 3 is 2.87 bits per heavy atom. The summed E-state index contributed by atoms with van der Waals surface area (Å²) in [6, 6.07) is 5.25. The van der Waals surface area contributed by atoms with Crippen molar-refractivity contribution < 1.29 is 9.13 Å². The van der Waals surface area contributed by atoms with Crippen molar-refractivity contribution in [2.45, 2.75) is 18.9 Å². The van der Waals surface area contributed by atoms with Gasteiger partial charge in [-0.3, -0.25) is 0 Å². The van der Waals surface area contributed by atoms with E-state index in [-0.39, 0.29) is 5.82 Å². The van der Waals surface area contributed by atoms with Crippen LogP contribution in [0.2, 0.25) is 0 Å². The summed E-state index contributed by atoms with van der Waals surface area (Å²) in [7, 11) is 0. The molecule has 0 saturated heterocycles. The van der Waals surface area contributed by atoms with Crippen LogP contribution in [-0.4, -0.2) is 19.2 Å². The molecular weight excluding hydrogens is 261 g/mol. The fourth-order valence-corrected chi connectivity index (χ4v) is 1.78. The van der Waals surface area contributed by atoms with E-state index in [0.717, 1.165) is 6.54 Å². The van der Waals surface area contributed by atoms with Gasteiger partial charge in [0, 0.05) is 23.1 Å². The van der Waals surface area contributed by atoms with Gasteiger partial charge >= 0.3 is 0 Å². The molecule has 0 aliphatic heterocycles. The van der Waals surface area contributed by atoms with Crippen LogP contribution >= 0.6 is 15.9 Å². The zero-order valence-electron chi connectivity index (χ0n) is 8.30. The van der Waals surface area contributed by atoms with E-state index in [4.69, 9.17) is 4.74 Å². The summed E-state index contributed by atoms with van der Waals surface area (Å²) in [6.45, 7) is 1.39. The van der Waals surface area contributed by atoms with Crippen LogP contribution < -0.4 is 10.1 Å². The molecule has 0 spiro atoms. The highest BCUT2D eigenvalue weighted by molar-refractivity contribution is 9.10. The van der Waals surface area contributed by atoms with Gasteiger partial charge in [0.25, 0.3) is 0 Å². The highest BCUT2D eigenvalue weighted by Gasteiger charge is 2.19. The third kappa shape index (κ3) is 3.80. The Morgan fingerprint density at radius 2 is 2.20 bits per heavy atom. The van der Waals surface area contributed by atoms with Gasteiger partial charge in [-0.05, 0) is 25.0 Å². The summed E-state index contributed by atoms with van der Waals surface area (Å²) < 4.78 is 19.1. The lowest BCUT2D eigenvalue weighted by atomic mass is 10.3. The summed E-state index contributed by atoms with van der Waals surface area (Å²) in [5.74, 6) is 0.286. The number of hydrogen-bond acceptors (Lipinski definition) is 2. The van der Waals surface area contributed by atoms with Gasteiger partial charge in [-0.2, -0.15) is 0 Å². The summed E-state index contributed by atoms with van der Waals surface area (Å²) in [6.07, 6.45) is 2.54. The second-order valence-corrected chi connectivity index (χ2v) is 4.60. The molecule has 2 rings (SSSR count). The summed E-state index contributed by atoms with van der Waals surface area (Å²) in [5, 5.41) is 3.33. The second-order valence-electron chi connectivity index (χ2n) is 3.68. The quantitative estimate of drug-likeness (QED) is 0.833. The van der Waals surface area contributed by atoms with Crippen LogP contribution in [0.3, 0.4) is 0 Å². The molecule has 1 aromatic carbocycles. The second kappa shape index (κ2) is 4.94. The topological polar surface area (TPSA) is 21.3 Å². The van der Waals surface area contributed by atoms with E-state index in [1.807, 2.05) is 0 Å². The molecule has 1 N–H and O–H groups in total. The summed E-state index contributed by atoms with van der Waals surface area (Å²) in [5.41, 5.74) is 0. The van der Waals surface area contributed by atoms with E-state index < -0.39 is 0 Å². The smallest absolute Gasteiger partial charge is 0.128 e. The highest BCUT2D eigenvalue weighted by Crippen LogP contribution is 2.21. The molecule has 0 radical (unpaired) electrons. The van der Waals surface area contributed by atoms with Crippen LogP contribution in [0.4, 0.5) is 4.39 Å². The Kier molecular flexibility index (Phi) is 3.59. The van der Waals surface area contributed by atoms with Crippen molar-refractivity contribution in [2.24, 2.45) is 0 Å². The molecule has 1 aliphatic carbocycles.